The third-order valence-electron chi connectivity index (χ3n) is 31.0. The Bertz CT molecular complexity index is 9260. The maximum Gasteiger partial charge on any atom is 0.0620 e. The molecule has 0 spiro atoms. The van der Waals surface area contributed by atoms with Crippen molar-refractivity contribution in [3.8, 4) is 39.1 Å². The first kappa shape index (κ1) is 79.0. The second kappa shape index (κ2) is 28.6. The van der Waals surface area contributed by atoms with Gasteiger partial charge in [0.2, 0.25) is 0 Å². The molecule has 6 nitrogen and oxygen atoms in total. The molecule has 0 saturated heterocycles. The number of fused-ring (bicyclic) bond motifs is 36. The van der Waals surface area contributed by atoms with Crippen LogP contribution in [0.3, 0.4) is 0 Å². The summed E-state index contributed by atoms with van der Waals surface area (Å²) in [5, 5.41) is 21.7. The molecule has 0 bridgehead atoms. The Kier molecular flexibility index (Phi) is 17.1. The lowest BCUT2D eigenvalue weighted by molar-refractivity contribution is 0.630. The molecule has 636 valence electrons. The van der Waals surface area contributed by atoms with E-state index < -0.39 is 0 Å². The minimum atomic E-state index is 0.0233. The number of para-hydroxylation sites is 9. The van der Waals surface area contributed by atoms with Gasteiger partial charge in [-0.3, -0.25) is 0 Å². The highest BCUT2D eigenvalue weighted by Crippen LogP contribution is 2.56. The smallest absolute Gasteiger partial charge is 0.0620 e. The Morgan fingerprint density at radius 3 is 1.07 bits per heavy atom. The average Bonchev–Trinajstić information content (AvgIpc) is 1.52. The number of hydrogen-bond acceptors (Lipinski definition) is 0. The van der Waals surface area contributed by atoms with Crippen LogP contribution in [0.4, 0.5) is 0 Å². The molecule has 3 aliphatic carbocycles. The number of rotatable bonds is 0. The first-order valence-electron chi connectivity index (χ1n) is 46.8. The van der Waals surface area contributed by atoms with Gasteiger partial charge in [0.1, 0.15) is 0 Å². The van der Waals surface area contributed by atoms with Crippen molar-refractivity contribution in [1.29, 1.82) is 0 Å². The van der Waals surface area contributed by atoms with Crippen molar-refractivity contribution >= 4 is 163 Å². The molecule has 1 aliphatic heterocycles. The van der Waals surface area contributed by atoms with Crippen molar-refractivity contribution in [2.75, 3.05) is 0 Å². The summed E-state index contributed by atoms with van der Waals surface area (Å²) >= 11 is 0. The number of aromatic nitrogens is 6. The first-order valence-corrected chi connectivity index (χ1v) is 46.8. The van der Waals surface area contributed by atoms with Crippen LogP contribution in [0, 0.1) is 20.8 Å². The summed E-state index contributed by atoms with van der Waals surface area (Å²) in [7, 11) is 6.54. The molecule has 0 amide bonds. The fourth-order valence-electron chi connectivity index (χ4n) is 24.6. The second-order valence-corrected chi connectivity index (χ2v) is 39.8. The molecule has 9 heterocycles. The summed E-state index contributed by atoms with van der Waals surface area (Å²) in [6.07, 6.45) is 0. The van der Waals surface area contributed by atoms with E-state index in [1.54, 1.807) is 0 Å². The summed E-state index contributed by atoms with van der Waals surface area (Å²) in [6.45, 7) is 25.2. The highest BCUT2D eigenvalue weighted by molar-refractivity contribution is 6.26. The number of aryl methyl sites for hydroxylation is 6. The van der Waals surface area contributed by atoms with Crippen LogP contribution in [-0.4, -0.2) is 27.1 Å². The average molecular weight is 1700 g/mol. The summed E-state index contributed by atoms with van der Waals surface area (Å²) in [4.78, 5) is 0. The molecule has 26 aromatic rings. The lowest BCUT2D eigenvalue weighted by Crippen LogP contribution is -2.26. The highest BCUT2D eigenvalue weighted by Gasteiger charge is 2.41. The van der Waals surface area contributed by atoms with Gasteiger partial charge in [-0.25, -0.2) is 0 Å². The van der Waals surface area contributed by atoms with Crippen LogP contribution in [0.2, 0.25) is 0 Å². The second-order valence-electron chi connectivity index (χ2n) is 39.8. The molecule has 6 heteroatoms. The summed E-state index contributed by atoms with van der Waals surface area (Å²) < 4.78 is 14.3. The first-order chi connectivity index (χ1) is 64.1. The Morgan fingerprint density at radius 1 is 0.174 bits per heavy atom. The maximum atomic E-state index is 2.46. The van der Waals surface area contributed by atoms with Crippen LogP contribution in [-0.2, 0) is 42.8 Å². The molecule has 0 atom stereocenters. The molecule has 0 saturated carbocycles. The van der Waals surface area contributed by atoms with Crippen LogP contribution in [0.1, 0.15) is 117 Å². The fraction of sp³-hybridized carbons (Fsp3) is 0.143. The van der Waals surface area contributed by atoms with E-state index in [1.165, 1.54) is 264 Å². The molecule has 30 rings (SSSR count). The van der Waals surface area contributed by atoms with Gasteiger partial charge >= 0.3 is 0 Å². The molecule has 132 heavy (non-hydrogen) atoms. The van der Waals surface area contributed by atoms with Crippen molar-refractivity contribution < 1.29 is 0 Å². The van der Waals surface area contributed by atoms with Crippen molar-refractivity contribution in [3.63, 3.8) is 0 Å². The lowest BCUT2D eigenvalue weighted by atomic mass is 9.75. The Labute approximate surface area is 768 Å². The zero-order valence-corrected chi connectivity index (χ0v) is 77.3. The van der Waals surface area contributed by atoms with Gasteiger partial charge in [0.15, 0.2) is 0 Å². The molecule has 18 aromatic carbocycles. The maximum absolute atomic E-state index is 2.46. The number of hydrogen-bond donors (Lipinski definition) is 0. The normalized spacial score (nSPS) is 14.2. The SMILES string of the molecule is Cc1cc2c3ccccc3n3c4ccccc4c(c1)c23.Cc1ccc2c(c1)c1cccc3c1n2-c1ccccc1C3(C)C.Cc1ccc2c(c1)c1cccc3c4ccccc4n2c31.Cn1c2ccccc2c2cc3c(cc21)-c1ccccc1C3(C)C.Cn1c2ccccc2c2cc3c(cc21)C(C)(C)c1ccccc1-3.Cn1c2ccccc2c2ccc3c(c21)-c1ccccc1C3(C)C. The molecular formula is C126H102N6. The number of nitrogens with zero attached hydrogens (tertiary/aromatic N) is 6. The predicted molar refractivity (Wildman–Crippen MR) is 563 cm³/mol. The van der Waals surface area contributed by atoms with E-state index in [2.05, 4.69) is 488 Å². The van der Waals surface area contributed by atoms with E-state index >= 15 is 0 Å². The molecular weight excluding hydrogens is 1600 g/mol. The Morgan fingerprint density at radius 2 is 0.508 bits per heavy atom. The largest absolute Gasteiger partial charge is 0.344 e. The Hall–Kier alpha value is -15.2. The lowest BCUT2D eigenvalue weighted by Gasteiger charge is -2.34. The molecule has 8 aromatic heterocycles. The van der Waals surface area contributed by atoms with E-state index in [0.717, 1.165) is 0 Å². The summed E-state index contributed by atoms with van der Waals surface area (Å²) in [6, 6.07) is 133. The van der Waals surface area contributed by atoms with E-state index in [9.17, 15) is 0 Å². The monoisotopic (exact) mass is 1700 g/mol. The van der Waals surface area contributed by atoms with E-state index in [1.807, 2.05) is 0 Å². The van der Waals surface area contributed by atoms with Crippen LogP contribution in [0.15, 0.2) is 364 Å². The van der Waals surface area contributed by atoms with Gasteiger partial charge in [0.05, 0.1) is 55.3 Å². The highest BCUT2D eigenvalue weighted by atomic mass is 15.0. The topological polar surface area (TPSA) is 28.5 Å². The third kappa shape index (κ3) is 11.1. The molecule has 0 fully saturated rings. The van der Waals surface area contributed by atoms with Gasteiger partial charge in [-0.2, -0.15) is 0 Å². The fourth-order valence-corrected chi connectivity index (χ4v) is 24.6. The van der Waals surface area contributed by atoms with Gasteiger partial charge in [-0.1, -0.05) is 327 Å². The van der Waals surface area contributed by atoms with Gasteiger partial charge in [-0.15, -0.1) is 0 Å². The van der Waals surface area contributed by atoms with E-state index in [4.69, 9.17) is 0 Å². The summed E-state index contributed by atoms with van der Waals surface area (Å²) in [5.41, 5.74) is 43.9. The molecule has 0 radical (unpaired) electrons. The zero-order valence-electron chi connectivity index (χ0n) is 77.3. The van der Waals surface area contributed by atoms with Gasteiger partial charge in [0.25, 0.3) is 0 Å². The van der Waals surface area contributed by atoms with Crippen molar-refractivity contribution in [2.45, 2.75) is 97.8 Å². The Balaban J connectivity index is 0.0000000852. The minimum absolute atomic E-state index is 0.0233. The quantitative estimate of drug-likeness (QED) is 0.145. The molecule has 0 N–H and O–H groups in total. The van der Waals surface area contributed by atoms with E-state index in [0.29, 0.717) is 0 Å². The predicted octanol–water partition coefficient (Wildman–Crippen LogP) is 32.9. The van der Waals surface area contributed by atoms with Gasteiger partial charge < -0.3 is 27.1 Å². The van der Waals surface area contributed by atoms with Crippen LogP contribution >= 0.6 is 0 Å². The summed E-state index contributed by atoms with van der Waals surface area (Å²) in [5.74, 6) is 0. The van der Waals surface area contributed by atoms with Crippen molar-refractivity contribution in [1.82, 2.24) is 27.1 Å². The standard InChI is InChI=1S/4C22H19N.2C19H13N/c1-22(2)17-10-6-4-9-16(17)20-18(22)13-12-15-14-8-5-7-11-19(14)23(3)21(15)20;1-22(2)18-10-6-4-8-14(18)16-13-21-17(12-19(16)22)15-9-5-7-11-20(15)23(21)3;1-22(2)18-10-6-4-8-14(18)16-12-17-15-9-5-7-11-20(15)23(3)21(17)13-19(16)22;1-14-11-12-19-16(13-14)15-7-6-9-18-21(15)23(19)20-10-5-4-8-17(20)22(18,2)3;1-12-10-15-13-6-2-4-8-17(13)20-18-9-5-3-7-14(18)16(11-12)19(15)20;1-12-9-10-18-16(11-12)15-7-4-6-14-13-5-2-3-8-17(13)20(18)19(14)15/h4*4-13H,1-3H3;2*2-11H,1H3. The van der Waals surface area contributed by atoms with Gasteiger partial charge in [-0.05, 0) is 202 Å². The van der Waals surface area contributed by atoms with Gasteiger partial charge in [0, 0.05) is 162 Å². The van der Waals surface area contributed by atoms with Crippen molar-refractivity contribution in [2.24, 2.45) is 21.1 Å². The molecule has 0 unspecified atom stereocenters. The van der Waals surface area contributed by atoms with Crippen LogP contribution < -0.4 is 0 Å². The van der Waals surface area contributed by atoms with Crippen molar-refractivity contribution in [3.05, 3.63) is 425 Å². The third-order valence-corrected chi connectivity index (χ3v) is 31.0. The molecule has 4 aliphatic rings. The zero-order chi connectivity index (χ0) is 89.6. The minimum Gasteiger partial charge on any atom is -0.344 e. The number of benzene rings is 18. The van der Waals surface area contributed by atoms with E-state index in [-0.39, 0.29) is 21.7 Å². The van der Waals surface area contributed by atoms with Crippen LogP contribution in [0.25, 0.3) is 202 Å². The van der Waals surface area contributed by atoms with Crippen LogP contribution in [0.5, 0.6) is 0 Å².